The first kappa shape index (κ1) is 13.8. The predicted octanol–water partition coefficient (Wildman–Crippen LogP) is 1.23. The third-order valence-electron chi connectivity index (χ3n) is 1.95. The number of nitrogens with zero attached hydrogens (tertiary/aromatic N) is 1. The van der Waals surface area contributed by atoms with Gasteiger partial charge in [0.2, 0.25) is 0 Å². The van der Waals surface area contributed by atoms with E-state index in [1.54, 1.807) is 31.4 Å². The number of benzene rings is 1. The average Bonchev–Trinajstić information content (AvgIpc) is 2.35. The van der Waals surface area contributed by atoms with Crippen LogP contribution in [-0.2, 0) is 4.74 Å². The summed E-state index contributed by atoms with van der Waals surface area (Å²) in [6.45, 7) is 1.37. The Morgan fingerprint density at radius 1 is 1.41 bits per heavy atom. The van der Waals surface area contributed by atoms with Gasteiger partial charge in [-0.1, -0.05) is 11.6 Å². The summed E-state index contributed by atoms with van der Waals surface area (Å²) in [7, 11) is 1.62. The molecule has 0 radical (unpaired) electrons. The molecule has 0 atom stereocenters. The molecular formula is C11H16ClN3O2. The molecule has 0 aromatic heterocycles. The minimum absolute atomic E-state index is 0.280. The minimum Gasteiger partial charge on any atom is -0.486 e. The molecule has 0 aliphatic rings. The molecule has 0 heterocycles. The van der Waals surface area contributed by atoms with Gasteiger partial charge >= 0.3 is 0 Å². The summed E-state index contributed by atoms with van der Waals surface area (Å²) in [6, 6.07) is 7.08. The Bertz CT molecular complexity index is 354. The van der Waals surface area contributed by atoms with Crippen molar-refractivity contribution in [2.45, 2.75) is 0 Å². The molecule has 0 aliphatic carbocycles. The maximum atomic E-state index is 5.76. The molecule has 5 nitrogen and oxygen atoms in total. The van der Waals surface area contributed by atoms with Gasteiger partial charge in [-0.2, -0.15) is 0 Å². The molecule has 0 saturated carbocycles. The zero-order chi connectivity index (χ0) is 12.5. The number of hydrazine groups is 1. The summed E-state index contributed by atoms with van der Waals surface area (Å²) in [4.78, 5) is 4.17. The van der Waals surface area contributed by atoms with Crippen molar-refractivity contribution in [2.24, 2.45) is 10.8 Å². The van der Waals surface area contributed by atoms with Crippen molar-refractivity contribution in [3.8, 4) is 5.75 Å². The molecule has 17 heavy (non-hydrogen) atoms. The predicted molar refractivity (Wildman–Crippen MR) is 68.4 cm³/mol. The number of amidine groups is 1. The van der Waals surface area contributed by atoms with Crippen LogP contribution in [0.3, 0.4) is 0 Å². The second-order valence-electron chi connectivity index (χ2n) is 3.21. The first-order chi connectivity index (χ1) is 8.26. The number of rotatable bonds is 6. The van der Waals surface area contributed by atoms with Crippen molar-refractivity contribution in [3.05, 3.63) is 29.3 Å². The minimum atomic E-state index is 0.280. The molecule has 0 bridgehead atoms. The van der Waals surface area contributed by atoms with Crippen LogP contribution in [0, 0.1) is 0 Å². The lowest BCUT2D eigenvalue weighted by molar-refractivity contribution is 0.207. The molecule has 3 N–H and O–H groups in total. The van der Waals surface area contributed by atoms with Crippen LogP contribution in [0.4, 0.5) is 0 Å². The number of hydrogen-bond donors (Lipinski definition) is 2. The zero-order valence-corrected chi connectivity index (χ0v) is 10.4. The topological polar surface area (TPSA) is 68.9 Å². The fourth-order valence-corrected chi connectivity index (χ4v) is 1.21. The molecule has 0 amide bonds. The maximum Gasteiger partial charge on any atom is 0.149 e. The summed E-state index contributed by atoms with van der Waals surface area (Å²) in [6.07, 6.45) is 0. The molecular weight excluding hydrogens is 242 g/mol. The summed E-state index contributed by atoms with van der Waals surface area (Å²) in [5.74, 6) is 6.60. The van der Waals surface area contributed by atoms with Crippen LogP contribution < -0.4 is 16.0 Å². The molecule has 1 aromatic carbocycles. The largest absolute Gasteiger partial charge is 0.486 e. The monoisotopic (exact) mass is 257 g/mol. The van der Waals surface area contributed by atoms with Crippen LogP contribution in [-0.4, -0.2) is 32.7 Å². The summed E-state index contributed by atoms with van der Waals surface area (Å²) >= 11 is 5.76. The van der Waals surface area contributed by atoms with E-state index in [0.29, 0.717) is 29.8 Å². The number of methoxy groups -OCH3 is 1. The molecule has 6 heteroatoms. The van der Waals surface area contributed by atoms with Crippen molar-refractivity contribution in [3.63, 3.8) is 0 Å². The average molecular weight is 258 g/mol. The number of halogens is 1. The zero-order valence-electron chi connectivity index (χ0n) is 9.65. The smallest absolute Gasteiger partial charge is 0.149 e. The number of ether oxygens (including phenoxy) is 2. The van der Waals surface area contributed by atoms with Gasteiger partial charge in [0, 0.05) is 12.1 Å². The van der Waals surface area contributed by atoms with Crippen LogP contribution in [0.15, 0.2) is 29.3 Å². The lowest BCUT2D eigenvalue weighted by Gasteiger charge is -2.08. The second-order valence-corrected chi connectivity index (χ2v) is 3.64. The van der Waals surface area contributed by atoms with Crippen LogP contribution in [0.25, 0.3) is 0 Å². The van der Waals surface area contributed by atoms with Crippen molar-refractivity contribution >= 4 is 17.4 Å². The van der Waals surface area contributed by atoms with Gasteiger partial charge < -0.3 is 14.9 Å². The van der Waals surface area contributed by atoms with Gasteiger partial charge in [0.15, 0.2) is 0 Å². The van der Waals surface area contributed by atoms with E-state index in [0.717, 1.165) is 0 Å². The van der Waals surface area contributed by atoms with Gasteiger partial charge in [0.05, 0.1) is 13.2 Å². The molecule has 0 unspecified atom stereocenters. The fraction of sp³-hybridized carbons (Fsp3) is 0.364. The van der Waals surface area contributed by atoms with Crippen molar-refractivity contribution in [1.29, 1.82) is 0 Å². The molecule has 1 rings (SSSR count). The lowest BCUT2D eigenvalue weighted by Crippen LogP contribution is -2.35. The van der Waals surface area contributed by atoms with E-state index in [9.17, 15) is 0 Å². The molecule has 0 fully saturated rings. The standard InChI is InChI=1S/C11H16ClN3O2/c1-16-7-6-14-11(15-13)8-17-10-4-2-9(12)3-5-10/h2-5H,6-8,13H2,1H3,(H,14,15). The van der Waals surface area contributed by atoms with E-state index in [1.807, 2.05) is 0 Å². The highest BCUT2D eigenvalue weighted by molar-refractivity contribution is 6.30. The Morgan fingerprint density at radius 2 is 2.12 bits per heavy atom. The van der Waals surface area contributed by atoms with Gasteiger partial charge in [0.25, 0.3) is 0 Å². The number of nitrogens with two attached hydrogens (primary N) is 1. The Kier molecular flexibility index (Phi) is 6.39. The van der Waals surface area contributed by atoms with Crippen LogP contribution in [0.2, 0.25) is 5.02 Å². The Balaban J connectivity index is 2.41. The maximum absolute atomic E-state index is 5.76. The summed E-state index contributed by atoms with van der Waals surface area (Å²) < 4.78 is 10.4. The Hall–Kier alpha value is -1.30. The highest BCUT2D eigenvalue weighted by Gasteiger charge is 1.99. The van der Waals surface area contributed by atoms with Crippen LogP contribution in [0.5, 0.6) is 5.75 Å². The Labute approximate surface area is 106 Å². The second kappa shape index (κ2) is 7.89. The fourth-order valence-electron chi connectivity index (χ4n) is 1.09. The van der Waals surface area contributed by atoms with E-state index in [4.69, 9.17) is 26.9 Å². The van der Waals surface area contributed by atoms with E-state index < -0.39 is 0 Å². The first-order valence-electron chi connectivity index (χ1n) is 5.13. The molecule has 0 saturated heterocycles. The normalized spacial score (nSPS) is 11.4. The molecule has 1 aromatic rings. The number of hydrogen-bond acceptors (Lipinski definition) is 4. The van der Waals surface area contributed by atoms with E-state index in [1.165, 1.54) is 0 Å². The first-order valence-corrected chi connectivity index (χ1v) is 5.51. The quantitative estimate of drug-likeness (QED) is 0.264. The third kappa shape index (κ3) is 5.53. The highest BCUT2D eigenvalue weighted by atomic mass is 35.5. The van der Waals surface area contributed by atoms with Gasteiger partial charge in [0.1, 0.15) is 18.2 Å². The van der Waals surface area contributed by atoms with E-state index >= 15 is 0 Å². The van der Waals surface area contributed by atoms with Crippen molar-refractivity contribution in [1.82, 2.24) is 5.43 Å². The van der Waals surface area contributed by atoms with Crippen molar-refractivity contribution in [2.75, 3.05) is 26.9 Å². The summed E-state index contributed by atoms with van der Waals surface area (Å²) in [5, 5.41) is 0.670. The third-order valence-corrected chi connectivity index (χ3v) is 2.21. The van der Waals surface area contributed by atoms with Crippen LogP contribution in [0.1, 0.15) is 0 Å². The number of aliphatic imine (C=N–C) groups is 1. The molecule has 0 spiro atoms. The molecule has 0 aliphatic heterocycles. The summed E-state index contributed by atoms with van der Waals surface area (Å²) in [5.41, 5.74) is 2.49. The van der Waals surface area contributed by atoms with Gasteiger partial charge in [-0.25, -0.2) is 5.84 Å². The van der Waals surface area contributed by atoms with Gasteiger partial charge in [-0.05, 0) is 24.3 Å². The SMILES string of the molecule is COCCN=C(COc1ccc(Cl)cc1)NN. The lowest BCUT2D eigenvalue weighted by atomic mass is 10.3. The molecule has 94 valence electrons. The van der Waals surface area contributed by atoms with E-state index in [-0.39, 0.29) is 6.61 Å². The number of nitrogens with one attached hydrogen (secondary N) is 1. The Morgan fingerprint density at radius 3 is 2.71 bits per heavy atom. The van der Waals surface area contributed by atoms with Gasteiger partial charge in [-0.15, -0.1) is 0 Å². The van der Waals surface area contributed by atoms with Gasteiger partial charge in [-0.3, -0.25) is 4.99 Å². The van der Waals surface area contributed by atoms with Crippen LogP contribution >= 0.6 is 11.6 Å². The highest BCUT2D eigenvalue weighted by Crippen LogP contribution is 2.15. The van der Waals surface area contributed by atoms with Crippen molar-refractivity contribution < 1.29 is 9.47 Å². The van der Waals surface area contributed by atoms with E-state index in [2.05, 4.69) is 10.4 Å².